The Kier molecular flexibility index (Phi) is 4.23. The number of hydrogen-bond donors (Lipinski definition) is 0. The van der Waals surface area contributed by atoms with Crippen LogP contribution in [0.15, 0.2) is 40.9 Å². The molecule has 0 amide bonds. The maximum absolute atomic E-state index is 5.47. The van der Waals surface area contributed by atoms with Crippen molar-refractivity contribution in [3.8, 4) is 34.3 Å². The summed E-state index contributed by atoms with van der Waals surface area (Å²) < 4.78 is 17.9. The van der Waals surface area contributed by atoms with E-state index in [0.717, 1.165) is 22.2 Å². The van der Waals surface area contributed by atoms with Gasteiger partial charge in [-0.3, -0.25) is 0 Å². The fourth-order valence-corrected chi connectivity index (χ4v) is 2.85. The SMILES string of the molecule is COc1cc(OC)cc(-c2nc(-c3ccc4nnn(C(C)C)c4c3)no2)c1. The topological polar surface area (TPSA) is 88.1 Å². The van der Waals surface area contributed by atoms with Crippen LogP contribution < -0.4 is 9.47 Å². The summed E-state index contributed by atoms with van der Waals surface area (Å²) in [6.07, 6.45) is 0. The standard InChI is InChI=1S/C19H19N5O3/c1-11(2)24-17-9-12(5-6-16(17)21-23-24)18-20-19(27-22-18)13-7-14(25-3)10-15(8-13)26-4/h5-11H,1-4H3. The van der Waals surface area contributed by atoms with E-state index in [-0.39, 0.29) is 6.04 Å². The highest BCUT2D eigenvalue weighted by Crippen LogP contribution is 2.30. The largest absolute Gasteiger partial charge is 0.497 e. The molecule has 8 nitrogen and oxygen atoms in total. The van der Waals surface area contributed by atoms with Gasteiger partial charge in [0.15, 0.2) is 0 Å². The maximum atomic E-state index is 5.47. The molecule has 0 N–H and O–H groups in total. The lowest BCUT2D eigenvalue weighted by atomic mass is 10.1. The molecule has 0 fully saturated rings. The van der Waals surface area contributed by atoms with Crippen LogP contribution in [0.25, 0.3) is 33.9 Å². The molecule has 0 aliphatic heterocycles. The Morgan fingerprint density at radius 3 is 2.37 bits per heavy atom. The third kappa shape index (κ3) is 3.10. The number of rotatable bonds is 5. The summed E-state index contributed by atoms with van der Waals surface area (Å²) in [6.45, 7) is 4.12. The summed E-state index contributed by atoms with van der Waals surface area (Å²) >= 11 is 0. The van der Waals surface area contributed by atoms with Gasteiger partial charge >= 0.3 is 0 Å². The minimum atomic E-state index is 0.204. The first-order valence-corrected chi connectivity index (χ1v) is 8.51. The number of hydrogen-bond acceptors (Lipinski definition) is 7. The number of benzene rings is 2. The predicted molar refractivity (Wildman–Crippen MR) is 99.7 cm³/mol. The first-order valence-electron chi connectivity index (χ1n) is 8.51. The van der Waals surface area contributed by atoms with Crippen molar-refractivity contribution in [1.29, 1.82) is 0 Å². The van der Waals surface area contributed by atoms with Gasteiger partial charge in [-0.15, -0.1) is 5.10 Å². The van der Waals surface area contributed by atoms with Crippen LogP contribution in [-0.2, 0) is 0 Å². The molecule has 0 atom stereocenters. The minimum absolute atomic E-state index is 0.204. The molecule has 2 heterocycles. The Bertz CT molecular complexity index is 1080. The Balaban J connectivity index is 1.75. The lowest BCUT2D eigenvalue weighted by Gasteiger charge is -2.05. The molecule has 0 saturated heterocycles. The van der Waals surface area contributed by atoms with Gasteiger partial charge in [-0.25, -0.2) is 4.68 Å². The van der Waals surface area contributed by atoms with Gasteiger partial charge in [0.2, 0.25) is 5.82 Å². The van der Waals surface area contributed by atoms with Crippen LogP contribution in [0.1, 0.15) is 19.9 Å². The van der Waals surface area contributed by atoms with E-state index in [9.17, 15) is 0 Å². The highest BCUT2D eigenvalue weighted by molar-refractivity contribution is 5.80. The number of nitrogens with zero attached hydrogens (tertiary/aromatic N) is 5. The molecule has 2 aromatic heterocycles. The average Bonchev–Trinajstić information content (AvgIpc) is 3.34. The second kappa shape index (κ2) is 6.71. The average molecular weight is 365 g/mol. The van der Waals surface area contributed by atoms with Crippen molar-refractivity contribution in [2.24, 2.45) is 0 Å². The molecule has 8 heteroatoms. The maximum Gasteiger partial charge on any atom is 0.258 e. The molecule has 0 bridgehead atoms. The Hall–Kier alpha value is -3.42. The molecule has 0 aliphatic carbocycles. The predicted octanol–water partition coefficient (Wildman–Crippen LogP) is 3.75. The molecule has 27 heavy (non-hydrogen) atoms. The van der Waals surface area contributed by atoms with Crippen LogP contribution >= 0.6 is 0 Å². The minimum Gasteiger partial charge on any atom is -0.497 e. The van der Waals surface area contributed by atoms with Gasteiger partial charge < -0.3 is 14.0 Å². The van der Waals surface area contributed by atoms with Crippen molar-refractivity contribution in [2.45, 2.75) is 19.9 Å². The summed E-state index contributed by atoms with van der Waals surface area (Å²) in [5.41, 5.74) is 3.31. The molecule has 0 spiro atoms. The summed E-state index contributed by atoms with van der Waals surface area (Å²) in [5.74, 6) is 2.18. The van der Waals surface area contributed by atoms with Gasteiger partial charge in [-0.05, 0) is 44.2 Å². The molecular weight excluding hydrogens is 346 g/mol. The van der Waals surface area contributed by atoms with E-state index in [2.05, 4.69) is 34.3 Å². The third-order valence-corrected chi connectivity index (χ3v) is 4.24. The van der Waals surface area contributed by atoms with Crippen LogP contribution in [-0.4, -0.2) is 39.4 Å². The van der Waals surface area contributed by atoms with E-state index in [1.165, 1.54) is 0 Å². The summed E-state index contributed by atoms with van der Waals surface area (Å²) in [4.78, 5) is 4.53. The van der Waals surface area contributed by atoms with Crippen molar-refractivity contribution >= 4 is 11.0 Å². The second-order valence-electron chi connectivity index (χ2n) is 6.36. The third-order valence-electron chi connectivity index (χ3n) is 4.24. The van der Waals surface area contributed by atoms with E-state index >= 15 is 0 Å². The molecule has 0 radical (unpaired) electrons. The Morgan fingerprint density at radius 2 is 1.70 bits per heavy atom. The van der Waals surface area contributed by atoms with Crippen molar-refractivity contribution in [2.75, 3.05) is 14.2 Å². The molecule has 0 saturated carbocycles. The van der Waals surface area contributed by atoms with Crippen LogP contribution in [0.2, 0.25) is 0 Å². The zero-order valence-electron chi connectivity index (χ0n) is 15.5. The number of methoxy groups -OCH3 is 2. The zero-order chi connectivity index (χ0) is 19.0. The summed E-state index contributed by atoms with van der Waals surface area (Å²) in [6, 6.07) is 11.4. The lowest BCUT2D eigenvalue weighted by molar-refractivity contribution is 0.393. The van der Waals surface area contributed by atoms with Crippen LogP contribution in [0, 0.1) is 0 Å². The second-order valence-corrected chi connectivity index (χ2v) is 6.36. The fraction of sp³-hybridized carbons (Fsp3) is 0.263. The quantitative estimate of drug-likeness (QED) is 0.532. The van der Waals surface area contributed by atoms with Crippen molar-refractivity contribution in [1.82, 2.24) is 25.1 Å². The first kappa shape index (κ1) is 17.0. The van der Waals surface area contributed by atoms with Gasteiger partial charge in [0.25, 0.3) is 5.89 Å². The van der Waals surface area contributed by atoms with Crippen molar-refractivity contribution < 1.29 is 14.0 Å². The molecule has 0 unspecified atom stereocenters. The molecule has 4 rings (SSSR count). The highest BCUT2D eigenvalue weighted by Gasteiger charge is 2.15. The Morgan fingerprint density at radius 1 is 0.963 bits per heavy atom. The fourth-order valence-electron chi connectivity index (χ4n) is 2.85. The molecular formula is C19H19N5O3. The van der Waals surface area contributed by atoms with Crippen molar-refractivity contribution in [3.05, 3.63) is 36.4 Å². The van der Waals surface area contributed by atoms with E-state index in [1.807, 2.05) is 35.0 Å². The Labute approximate surface area is 155 Å². The van der Waals surface area contributed by atoms with Gasteiger partial charge in [0.05, 0.1) is 19.7 Å². The molecule has 0 aliphatic rings. The van der Waals surface area contributed by atoms with Crippen LogP contribution in [0.4, 0.5) is 0 Å². The summed E-state index contributed by atoms with van der Waals surface area (Å²) in [7, 11) is 3.19. The van der Waals surface area contributed by atoms with Gasteiger partial charge in [-0.2, -0.15) is 4.98 Å². The van der Waals surface area contributed by atoms with Crippen molar-refractivity contribution in [3.63, 3.8) is 0 Å². The van der Waals surface area contributed by atoms with Gasteiger partial charge in [0.1, 0.15) is 17.0 Å². The number of aromatic nitrogens is 5. The molecule has 4 aromatic rings. The van der Waals surface area contributed by atoms with Gasteiger partial charge in [-0.1, -0.05) is 10.4 Å². The summed E-state index contributed by atoms with van der Waals surface area (Å²) in [5, 5.41) is 12.5. The number of fused-ring (bicyclic) bond motifs is 1. The van der Waals surface area contributed by atoms with E-state index in [0.29, 0.717) is 23.2 Å². The lowest BCUT2D eigenvalue weighted by Crippen LogP contribution is -2.02. The van der Waals surface area contributed by atoms with Crippen LogP contribution in [0.3, 0.4) is 0 Å². The zero-order valence-corrected chi connectivity index (χ0v) is 15.5. The smallest absolute Gasteiger partial charge is 0.258 e. The monoisotopic (exact) mass is 365 g/mol. The number of ether oxygens (including phenoxy) is 2. The highest BCUT2D eigenvalue weighted by atomic mass is 16.5. The normalized spacial score (nSPS) is 11.3. The van der Waals surface area contributed by atoms with E-state index in [1.54, 1.807) is 20.3 Å². The molecule has 138 valence electrons. The van der Waals surface area contributed by atoms with Gasteiger partial charge in [0, 0.05) is 23.2 Å². The first-order chi connectivity index (χ1) is 13.1. The van der Waals surface area contributed by atoms with E-state index in [4.69, 9.17) is 14.0 Å². The molecule has 2 aromatic carbocycles. The van der Waals surface area contributed by atoms with Crippen LogP contribution in [0.5, 0.6) is 11.5 Å². The van der Waals surface area contributed by atoms with E-state index < -0.39 is 0 Å².